The summed E-state index contributed by atoms with van der Waals surface area (Å²) in [6.07, 6.45) is 2.33. The molecule has 0 bridgehead atoms. The van der Waals surface area contributed by atoms with Crippen molar-refractivity contribution in [2.75, 3.05) is 0 Å². The minimum Gasteiger partial charge on any atom is -0.508 e. The van der Waals surface area contributed by atoms with E-state index in [9.17, 15) is 35.7 Å². The summed E-state index contributed by atoms with van der Waals surface area (Å²) >= 11 is 0. The van der Waals surface area contributed by atoms with Crippen LogP contribution in [0.15, 0.2) is 115 Å². The molecule has 8 rings (SSSR count). The third-order valence-corrected chi connectivity index (χ3v) is 9.47. The van der Waals surface area contributed by atoms with Crippen LogP contribution >= 0.6 is 0 Å². The lowest BCUT2D eigenvalue weighted by Gasteiger charge is -2.22. The summed E-state index contributed by atoms with van der Waals surface area (Å²) in [4.78, 5) is 0. The van der Waals surface area contributed by atoms with Crippen molar-refractivity contribution in [3.8, 4) is 51.7 Å². The summed E-state index contributed by atoms with van der Waals surface area (Å²) in [5.74, 6) is -0.540. The van der Waals surface area contributed by atoms with Crippen molar-refractivity contribution in [2.24, 2.45) is 0 Å². The minimum atomic E-state index is -0.695. The molecular weight excluding hydrogens is 648 g/mol. The number of hydrogen-bond donors (Lipinski definition) is 7. The van der Waals surface area contributed by atoms with Gasteiger partial charge in [0.25, 0.3) is 0 Å². The van der Waals surface area contributed by atoms with E-state index in [0.717, 1.165) is 11.1 Å². The third-order valence-electron chi connectivity index (χ3n) is 9.47. The van der Waals surface area contributed by atoms with E-state index in [2.05, 4.69) is 0 Å². The first kappa shape index (κ1) is 31.5. The molecule has 0 saturated heterocycles. The standard InChI is InChI=1S/C42H32O9/c43-28-9-3-22(4-10-28)1-2-23-15-33(48)39-35(16-23)50-42(25-7-13-30(45)14-8-25)38(39)27-19-34(49)40-36(20-27)51-41(24-5-11-29(44)12-6-24)37(40)26-17-31(46)21-32(47)18-26/h1-21,37-38,41-49H/b2-1+. The van der Waals surface area contributed by atoms with Gasteiger partial charge in [0.2, 0.25) is 0 Å². The molecule has 6 aromatic rings. The van der Waals surface area contributed by atoms with Gasteiger partial charge < -0.3 is 45.2 Å². The molecule has 2 aliphatic heterocycles. The Morgan fingerprint density at radius 3 is 1.33 bits per heavy atom. The first-order chi connectivity index (χ1) is 24.6. The van der Waals surface area contributed by atoms with Crippen molar-refractivity contribution in [1.29, 1.82) is 0 Å². The van der Waals surface area contributed by atoms with E-state index >= 15 is 0 Å². The van der Waals surface area contributed by atoms with Gasteiger partial charge in [-0.3, -0.25) is 0 Å². The number of hydrogen-bond acceptors (Lipinski definition) is 9. The molecule has 2 heterocycles. The average molecular weight is 681 g/mol. The van der Waals surface area contributed by atoms with Crippen molar-refractivity contribution in [1.82, 2.24) is 0 Å². The van der Waals surface area contributed by atoms with Gasteiger partial charge in [0.05, 0.1) is 11.8 Å². The largest absolute Gasteiger partial charge is 0.508 e. The number of phenolic OH excluding ortho intramolecular Hbond substituents is 7. The monoisotopic (exact) mass is 680 g/mol. The Bertz CT molecular complexity index is 2270. The van der Waals surface area contributed by atoms with Crippen LogP contribution in [0.2, 0.25) is 0 Å². The highest BCUT2D eigenvalue weighted by Gasteiger charge is 2.43. The molecule has 2 aliphatic rings. The number of aromatic hydroxyl groups is 7. The molecule has 4 atom stereocenters. The normalized spacial score (nSPS) is 19.0. The second-order valence-electron chi connectivity index (χ2n) is 12.8. The predicted octanol–water partition coefficient (Wildman–Crippen LogP) is 8.33. The SMILES string of the molecule is Oc1ccc(/C=C/c2cc(O)c3c(c2)OC(c2ccc(O)cc2)C3c2cc(O)c3c(c2)OC(c2ccc(O)cc2)C3c2cc(O)cc(O)c2)cc1. The smallest absolute Gasteiger partial charge is 0.135 e. The van der Waals surface area contributed by atoms with E-state index in [-0.39, 0.29) is 40.2 Å². The van der Waals surface area contributed by atoms with E-state index < -0.39 is 24.0 Å². The van der Waals surface area contributed by atoms with Crippen LogP contribution in [-0.2, 0) is 0 Å². The summed E-state index contributed by atoms with van der Waals surface area (Å²) in [5, 5.41) is 73.8. The molecule has 0 saturated carbocycles. The van der Waals surface area contributed by atoms with Crippen molar-refractivity contribution >= 4 is 12.2 Å². The van der Waals surface area contributed by atoms with E-state index in [1.807, 2.05) is 18.2 Å². The molecule has 0 spiro atoms. The molecule has 51 heavy (non-hydrogen) atoms. The summed E-state index contributed by atoms with van der Waals surface area (Å²) in [6, 6.07) is 31.0. The molecule has 9 nitrogen and oxygen atoms in total. The predicted molar refractivity (Wildman–Crippen MR) is 190 cm³/mol. The Morgan fingerprint density at radius 1 is 0.373 bits per heavy atom. The summed E-state index contributed by atoms with van der Waals surface area (Å²) in [6.45, 7) is 0. The Labute approximate surface area is 292 Å². The fourth-order valence-electron chi connectivity index (χ4n) is 7.18. The lowest BCUT2D eigenvalue weighted by atomic mass is 9.81. The number of benzene rings is 6. The molecule has 9 heteroatoms. The number of phenols is 7. The molecule has 4 unspecified atom stereocenters. The first-order valence-corrected chi connectivity index (χ1v) is 16.3. The van der Waals surface area contributed by atoms with Gasteiger partial charge in [-0.2, -0.15) is 0 Å². The zero-order chi connectivity index (χ0) is 35.4. The van der Waals surface area contributed by atoms with Crippen LogP contribution in [0.5, 0.6) is 51.7 Å². The quantitative estimate of drug-likeness (QED) is 0.0858. The molecule has 0 radical (unpaired) electrons. The minimum absolute atomic E-state index is 0.0138. The Kier molecular flexibility index (Phi) is 7.60. The zero-order valence-corrected chi connectivity index (χ0v) is 26.9. The van der Waals surface area contributed by atoms with Crippen LogP contribution in [0.4, 0.5) is 0 Å². The van der Waals surface area contributed by atoms with Crippen LogP contribution in [0.25, 0.3) is 12.2 Å². The summed E-state index contributed by atoms with van der Waals surface area (Å²) in [7, 11) is 0. The van der Waals surface area contributed by atoms with Crippen LogP contribution in [0.1, 0.15) is 68.6 Å². The van der Waals surface area contributed by atoms with Crippen LogP contribution in [-0.4, -0.2) is 35.7 Å². The second-order valence-corrected chi connectivity index (χ2v) is 12.8. The lowest BCUT2D eigenvalue weighted by Crippen LogP contribution is -2.11. The van der Waals surface area contributed by atoms with Crippen molar-refractivity contribution in [3.05, 3.63) is 160 Å². The van der Waals surface area contributed by atoms with E-state index in [1.165, 1.54) is 30.3 Å². The Balaban J connectivity index is 1.24. The molecule has 7 N–H and O–H groups in total. The maximum Gasteiger partial charge on any atom is 0.135 e. The van der Waals surface area contributed by atoms with E-state index in [1.54, 1.807) is 78.9 Å². The van der Waals surface area contributed by atoms with Gasteiger partial charge in [-0.1, -0.05) is 48.6 Å². The van der Waals surface area contributed by atoms with E-state index in [4.69, 9.17) is 9.47 Å². The van der Waals surface area contributed by atoms with Gasteiger partial charge in [0, 0.05) is 17.2 Å². The molecular formula is C42H32O9. The molecule has 0 fully saturated rings. The second kappa shape index (κ2) is 12.3. The lowest BCUT2D eigenvalue weighted by molar-refractivity contribution is 0.218. The van der Waals surface area contributed by atoms with Crippen molar-refractivity contribution < 1.29 is 45.2 Å². The van der Waals surface area contributed by atoms with Crippen LogP contribution < -0.4 is 9.47 Å². The molecule has 0 amide bonds. The van der Waals surface area contributed by atoms with Gasteiger partial charge in [0.1, 0.15) is 64.0 Å². The summed E-state index contributed by atoms with van der Waals surface area (Å²) in [5.41, 5.74) is 5.01. The molecule has 0 aliphatic carbocycles. The topological polar surface area (TPSA) is 160 Å². The fraction of sp³-hybridized carbons (Fsp3) is 0.0952. The van der Waals surface area contributed by atoms with Crippen LogP contribution in [0.3, 0.4) is 0 Å². The van der Waals surface area contributed by atoms with Gasteiger partial charge in [-0.15, -0.1) is 0 Å². The molecule has 0 aromatic heterocycles. The number of rotatable bonds is 6. The van der Waals surface area contributed by atoms with Crippen molar-refractivity contribution in [2.45, 2.75) is 24.0 Å². The maximum atomic E-state index is 11.8. The van der Waals surface area contributed by atoms with Gasteiger partial charge in [-0.25, -0.2) is 0 Å². The fourth-order valence-corrected chi connectivity index (χ4v) is 7.18. The highest BCUT2D eigenvalue weighted by Crippen LogP contribution is 2.58. The van der Waals surface area contributed by atoms with Crippen molar-refractivity contribution in [3.63, 3.8) is 0 Å². The number of ether oxygens (including phenoxy) is 2. The molecule has 6 aromatic carbocycles. The number of fused-ring (bicyclic) bond motifs is 2. The van der Waals surface area contributed by atoms with Gasteiger partial charge in [-0.05, 0) is 106 Å². The average Bonchev–Trinajstić information content (AvgIpc) is 3.68. The highest BCUT2D eigenvalue weighted by atomic mass is 16.5. The van der Waals surface area contributed by atoms with Gasteiger partial charge in [0.15, 0.2) is 0 Å². The van der Waals surface area contributed by atoms with E-state index in [0.29, 0.717) is 44.9 Å². The maximum absolute atomic E-state index is 11.8. The van der Waals surface area contributed by atoms with Gasteiger partial charge >= 0.3 is 0 Å². The van der Waals surface area contributed by atoms with Crippen LogP contribution in [0, 0.1) is 0 Å². The first-order valence-electron chi connectivity index (χ1n) is 16.3. The Morgan fingerprint density at radius 2 is 0.804 bits per heavy atom. The highest BCUT2D eigenvalue weighted by molar-refractivity contribution is 5.73. The summed E-state index contributed by atoms with van der Waals surface area (Å²) < 4.78 is 13.1. The molecule has 254 valence electrons. The zero-order valence-electron chi connectivity index (χ0n) is 26.9. The Hall–Kier alpha value is -6.74. The third kappa shape index (κ3) is 5.84.